The molecule has 1 aromatic carbocycles. The molecule has 0 saturated carbocycles. The van der Waals surface area contributed by atoms with Crippen molar-refractivity contribution in [1.29, 1.82) is 0 Å². The minimum absolute atomic E-state index is 0.0289. The van der Waals surface area contributed by atoms with Gasteiger partial charge in [-0.25, -0.2) is 0 Å². The third-order valence-electron chi connectivity index (χ3n) is 3.52. The molecule has 1 atom stereocenters. The lowest BCUT2D eigenvalue weighted by atomic mass is 9.98. The Morgan fingerprint density at radius 1 is 1.40 bits per heavy atom. The summed E-state index contributed by atoms with van der Waals surface area (Å²) in [7, 11) is 0. The van der Waals surface area contributed by atoms with Gasteiger partial charge >= 0.3 is 0 Å². The van der Waals surface area contributed by atoms with E-state index in [-0.39, 0.29) is 29.7 Å². The van der Waals surface area contributed by atoms with Crippen molar-refractivity contribution in [3.8, 4) is 0 Å². The Balaban J connectivity index is 1.98. The lowest BCUT2D eigenvalue weighted by Crippen LogP contribution is -2.42. The maximum absolute atomic E-state index is 12.1. The van der Waals surface area contributed by atoms with Gasteiger partial charge in [0.15, 0.2) is 5.78 Å². The second kappa shape index (κ2) is 5.92. The van der Waals surface area contributed by atoms with Gasteiger partial charge in [-0.3, -0.25) is 24.6 Å². The molecule has 0 amide bonds. The molecular formula is C14H16N2O4. The highest BCUT2D eigenvalue weighted by molar-refractivity contribution is 5.98. The topological polar surface area (TPSA) is 80.5 Å². The average molecular weight is 276 g/mol. The van der Waals surface area contributed by atoms with Crippen molar-refractivity contribution in [3.05, 3.63) is 39.9 Å². The number of hydrogen-bond acceptors (Lipinski definition) is 5. The van der Waals surface area contributed by atoms with Crippen LogP contribution < -0.4 is 0 Å². The number of nitrogens with zero attached hydrogens (tertiary/aromatic N) is 2. The van der Waals surface area contributed by atoms with Crippen molar-refractivity contribution in [1.82, 2.24) is 4.90 Å². The van der Waals surface area contributed by atoms with Gasteiger partial charge in [0.1, 0.15) is 5.78 Å². The second-order valence-electron chi connectivity index (χ2n) is 5.08. The molecule has 1 aliphatic heterocycles. The summed E-state index contributed by atoms with van der Waals surface area (Å²) < 4.78 is 0. The van der Waals surface area contributed by atoms with Crippen LogP contribution in [0.25, 0.3) is 0 Å². The first-order chi connectivity index (χ1) is 9.47. The number of likely N-dealkylation sites (tertiary alicyclic amines) is 1. The van der Waals surface area contributed by atoms with Gasteiger partial charge in [-0.2, -0.15) is 0 Å². The second-order valence-corrected chi connectivity index (χ2v) is 5.08. The van der Waals surface area contributed by atoms with Gasteiger partial charge in [0.05, 0.1) is 11.5 Å². The average Bonchev–Trinajstić information content (AvgIpc) is 2.43. The molecule has 0 bridgehead atoms. The molecule has 1 aromatic rings. The van der Waals surface area contributed by atoms with Crippen molar-refractivity contribution in [2.75, 3.05) is 19.6 Å². The Labute approximate surface area is 116 Å². The van der Waals surface area contributed by atoms with Crippen LogP contribution in [-0.2, 0) is 4.79 Å². The molecule has 106 valence electrons. The Kier molecular flexibility index (Phi) is 4.24. The van der Waals surface area contributed by atoms with Crippen molar-refractivity contribution >= 4 is 17.3 Å². The fraction of sp³-hybridized carbons (Fsp3) is 0.429. The predicted octanol–water partition coefficient (Wildman–Crippen LogP) is 1.69. The maximum Gasteiger partial charge on any atom is 0.269 e. The van der Waals surface area contributed by atoms with Crippen LogP contribution in [0.5, 0.6) is 0 Å². The molecule has 0 aromatic heterocycles. The molecule has 6 heteroatoms. The molecule has 1 aliphatic rings. The number of nitro groups is 1. The van der Waals surface area contributed by atoms with E-state index in [0.717, 1.165) is 0 Å². The number of piperidine rings is 1. The highest BCUT2D eigenvalue weighted by atomic mass is 16.6. The van der Waals surface area contributed by atoms with Gasteiger partial charge < -0.3 is 0 Å². The van der Waals surface area contributed by atoms with Crippen molar-refractivity contribution < 1.29 is 14.5 Å². The number of non-ortho nitro benzene ring substituents is 1. The van der Waals surface area contributed by atoms with E-state index in [1.807, 2.05) is 11.8 Å². The van der Waals surface area contributed by atoms with Crippen LogP contribution in [0.1, 0.15) is 23.7 Å². The minimum Gasteiger partial charge on any atom is -0.299 e. The SMILES string of the molecule is CC1CN(CC(=O)c2ccc([N+](=O)[O-])cc2)CCC1=O. The Bertz CT molecular complexity index is 539. The smallest absolute Gasteiger partial charge is 0.269 e. The number of nitro benzene ring substituents is 1. The summed E-state index contributed by atoms with van der Waals surface area (Å²) >= 11 is 0. The lowest BCUT2D eigenvalue weighted by Gasteiger charge is -2.29. The van der Waals surface area contributed by atoms with Gasteiger partial charge in [-0.15, -0.1) is 0 Å². The molecule has 0 spiro atoms. The largest absolute Gasteiger partial charge is 0.299 e. The van der Waals surface area contributed by atoms with E-state index in [9.17, 15) is 19.7 Å². The summed E-state index contributed by atoms with van der Waals surface area (Å²) in [5.74, 6) is 0.124. The lowest BCUT2D eigenvalue weighted by molar-refractivity contribution is -0.384. The van der Waals surface area contributed by atoms with Crippen molar-refractivity contribution in [2.45, 2.75) is 13.3 Å². The normalized spacial score (nSPS) is 19.9. The standard InChI is InChI=1S/C14H16N2O4/c1-10-8-15(7-6-13(10)17)9-14(18)11-2-4-12(5-3-11)16(19)20/h2-5,10H,6-9H2,1H3. The summed E-state index contributed by atoms with van der Waals surface area (Å²) in [6.07, 6.45) is 0.481. The molecule has 1 fully saturated rings. The zero-order valence-electron chi connectivity index (χ0n) is 11.2. The number of hydrogen-bond donors (Lipinski definition) is 0. The van der Waals surface area contributed by atoms with E-state index < -0.39 is 4.92 Å². The van der Waals surface area contributed by atoms with Gasteiger partial charge in [-0.05, 0) is 12.1 Å². The predicted molar refractivity (Wildman–Crippen MR) is 72.7 cm³/mol. The van der Waals surface area contributed by atoms with E-state index in [1.165, 1.54) is 24.3 Å². The van der Waals surface area contributed by atoms with Crippen molar-refractivity contribution in [2.24, 2.45) is 5.92 Å². The molecule has 1 unspecified atom stereocenters. The van der Waals surface area contributed by atoms with E-state index >= 15 is 0 Å². The first-order valence-corrected chi connectivity index (χ1v) is 6.50. The number of carbonyl (C=O) groups is 2. The summed E-state index contributed by atoms with van der Waals surface area (Å²) in [4.78, 5) is 35.5. The highest BCUT2D eigenvalue weighted by Gasteiger charge is 2.25. The highest BCUT2D eigenvalue weighted by Crippen LogP contribution is 2.15. The van der Waals surface area contributed by atoms with Gasteiger partial charge in [-0.1, -0.05) is 6.92 Å². The number of rotatable bonds is 4. The van der Waals surface area contributed by atoms with Gasteiger partial charge in [0.25, 0.3) is 5.69 Å². The van der Waals surface area contributed by atoms with E-state index in [1.54, 1.807) is 0 Å². The van der Waals surface area contributed by atoms with Gasteiger partial charge in [0, 0.05) is 43.1 Å². The molecule has 2 rings (SSSR count). The van der Waals surface area contributed by atoms with Crippen LogP contribution >= 0.6 is 0 Å². The number of benzene rings is 1. The molecule has 6 nitrogen and oxygen atoms in total. The quantitative estimate of drug-likeness (QED) is 0.475. The monoisotopic (exact) mass is 276 g/mol. The summed E-state index contributed by atoms with van der Waals surface area (Å²) in [5, 5.41) is 10.5. The zero-order chi connectivity index (χ0) is 14.7. The first kappa shape index (κ1) is 14.3. The van der Waals surface area contributed by atoms with E-state index in [2.05, 4.69) is 0 Å². The molecule has 20 heavy (non-hydrogen) atoms. The molecule has 1 saturated heterocycles. The fourth-order valence-corrected chi connectivity index (χ4v) is 2.30. The van der Waals surface area contributed by atoms with Crippen LogP contribution in [0, 0.1) is 16.0 Å². The van der Waals surface area contributed by atoms with Crippen LogP contribution in [0.3, 0.4) is 0 Å². The van der Waals surface area contributed by atoms with E-state index in [0.29, 0.717) is 25.1 Å². The zero-order valence-corrected chi connectivity index (χ0v) is 11.2. The Morgan fingerprint density at radius 2 is 2.05 bits per heavy atom. The summed E-state index contributed by atoms with van der Waals surface area (Å²) in [6.45, 7) is 3.31. The third-order valence-corrected chi connectivity index (χ3v) is 3.52. The molecule has 1 heterocycles. The van der Waals surface area contributed by atoms with Crippen LogP contribution in [0.2, 0.25) is 0 Å². The molecule has 0 N–H and O–H groups in total. The first-order valence-electron chi connectivity index (χ1n) is 6.50. The van der Waals surface area contributed by atoms with Crippen LogP contribution in [0.4, 0.5) is 5.69 Å². The van der Waals surface area contributed by atoms with Crippen LogP contribution in [-0.4, -0.2) is 41.0 Å². The number of ketones is 2. The third kappa shape index (κ3) is 3.27. The molecular weight excluding hydrogens is 260 g/mol. The minimum atomic E-state index is -0.494. The Morgan fingerprint density at radius 3 is 2.60 bits per heavy atom. The summed E-state index contributed by atoms with van der Waals surface area (Å²) in [5.41, 5.74) is 0.430. The van der Waals surface area contributed by atoms with Crippen LogP contribution in [0.15, 0.2) is 24.3 Å². The fourth-order valence-electron chi connectivity index (χ4n) is 2.30. The summed E-state index contributed by atoms with van der Waals surface area (Å²) in [6, 6.07) is 5.60. The number of carbonyl (C=O) groups excluding carboxylic acids is 2. The molecule has 0 radical (unpaired) electrons. The van der Waals surface area contributed by atoms with Crippen molar-refractivity contribution in [3.63, 3.8) is 0 Å². The maximum atomic E-state index is 12.1. The van der Waals surface area contributed by atoms with E-state index in [4.69, 9.17) is 0 Å². The number of Topliss-reactive ketones (excluding diaryl/α,β-unsaturated/α-hetero) is 2. The van der Waals surface area contributed by atoms with Gasteiger partial charge in [0.2, 0.25) is 0 Å². The Hall–Kier alpha value is -2.08. The molecule has 0 aliphatic carbocycles.